The summed E-state index contributed by atoms with van der Waals surface area (Å²) in [6, 6.07) is 27.1. The van der Waals surface area contributed by atoms with Gasteiger partial charge in [0.05, 0.1) is 13.2 Å². The number of hydrogen-bond acceptors (Lipinski definition) is 4. The highest BCUT2D eigenvalue weighted by atomic mass is 31.2. The second-order valence-electron chi connectivity index (χ2n) is 11.4. The van der Waals surface area contributed by atoms with Gasteiger partial charge in [0.15, 0.2) is 0 Å². The molecule has 2 unspecified atom stereocenters. The predicted octanol–water partition coefficient (Wildman–Crippen LogP) is 8.53. The average Bonchev–Trinajstić information content (AvgIpc) is 2.94. The third-order valence-electron chi connectivity index (χ3n) is 8.17. The lowest BCUT2D eigenvalue weighted by atomic mass is 9.73. The quantitative estimate of drug-likeness (QED) is 0.203. The molecule has 0 saturated carbocycles. The van der Waals surface area contributed by atoms with Gasteiger partial charge in [-0.3, -0.25) is 0 Å². The number of unbranched alkanes of at least 4 members (excludes halogenated alkanes) is 1. The van der Waals surface area contributed by atoms with Crippen molar-refractivity contribution in [3.63, 3.8) is 0 Å². The summed E-state index contributed by atoms with van der Waals surface area (Å²) < 4.78 is 12.0. The normalized spacial score (nSPS) is 14.6. The Hall–Kier alpha value is -2.23. The molecule has 0 radical (unpaired) electrons. The van der Waals surface area contributed by atoms with Gasteiger partial charge >= 0.3 is 8.60 Å². The summed E-state index contributed by atoms with van der Waals surface area (Å²) in [7, 11) is -2.17. The van der Waals surface area contributed by atoms with Gasteiger partial charge in [-0.1, -0.05) is 127 Å². The molecule has 0 aliphatic carbocycles. The van der Waals surface area contributed by atoms with E-state index in [4.69, 9.17) is 9.05 Å². The Morgan fingerprint density at radius 3 is 1.87 bits per heavy atom. The summed E-state index contributed by atoms with van der Waals surface area (Å²) in [5, 5.41) is 10.1. The van der Waals surface area contributed by atoms with E-state index < -0.39 is 8.60 Å². The van der Waals surface area contributed by atoms with E-state index in [-0.39, 0.29) is 29.5 Å². The third-order valence-corrected chi connectivity index (χ3v) is 8.87. The molecule has 0 heterocycles. The monoisotopic (exact) mass is 536 g/mol. The van der Waals surface area contributed by atoms with Crippen LogP contribution in [-0.4, -0.2) is 23.2 Å². The van der Waals surface area contributed by atoms with Crippen molar-refractivity contribution in [2.24, 2.45) is 5.41 Å². The standard InChI is InChI=1S/C33H45O4P/c1-7-9-22-33(8-2,24-34)25-36-38(35)37-30-21-20-28(31(3,4)26-16-12-10-13-17-26)23-29(30)32(5,6)27-18-14-11-15-19-27/h10-21,23,34-35H,7-9,22,24-25H2,1-6H3. The molecule has 3 aromatic rings. The minimum Gasteiger partial charge on any atom is -0.427 e. The van der Waals surface area contributed by atoms with Crippen LogP contribution < -0.4 is 4.52 Å². The molecule has 0 aromatic heterocycles. The first kappa shape index (κ1) is 30.3. The van der Waals surface area contributed by atoms with Crippen LogP contribution >= 0.6 is 8.60 Å². The van der Waals surface area contributed by atoms with Crippen molar-refractivity contribution < 1.29 is 19.0 Å². The Morgan fingerprint density at radius 2 is 1.34 bits per heavy atom. The zero-order valence-electron chi connectivity index (χ0n) is 23.9. The van der Waals surface area contributed by atoms with Crippen molar-refractivity contribution in [3.8, 4) is 5.75 Å². The molecule has 0 aliphatic heterocycles. The molecular weight excluding hydrogens is 491 g/mol. The first-order chi connectivity index (χ1) is 18.1. The molecule has 3 rings (SSSR count). The molecule has 3 aromatic carbocycles. The Labute approximate surface area is 231 Å². The Balaban J connectivity index is 1.96. The van der Waals surface area contributed by atoms with Crippen LogP contribution in [0.15, 0.2) is 78.9 Å². The molecular formula is C33H45O4P. The van der Waals surface area contributed by atoms with Crippen molar-refractivity contribution in [1.29, 1.82) is 0 Å². The first-order valence-electron chi connectivity index (χ1n) is 13.8. The number of rotatable bonds is 14. The smallest absolute Gasteiger partial charge is 0.394 e. The molecule has 4 nitrogen and oxygen atoms in total. The van der Waals surface area contributed by atoms with E-state index in [0.717, 1.165) is 36.8 Å². The van der Waals surface area contributed by atoms with Gasteiger partial charge in [0.25, 0.3) is 0 Å². The van der Waals surface area contributed by atoms with Crippen LogP contribution in [0.1, 0.15) is 89.5 Å². The van der Waals surface area contributed by atoms with Crippen LogP contribution in [0, 0.1) is 5.41 Å². The largest absolute Gasteiger partial charge is 0.427 e. The van der Waals surface area contributed by atoms with Crippen LogP contribution in [0.2, 0.25) is 0 Å². The number of aliphatic hydroxyl groups excluding tert-OH is 1. The molecule has 2 atom stereocenters. The maximum absolute atomic E-state index is 10.9. The van der Waals surface area contributed by atoms with Crippen molar-refractivity contribution in [3.05, 3.63) is 101 Å². The Morgan fingerprint density at radius 1 is 0.763 bits per heavy atom. The minimum atomic E-state index is -2.17. The van der Waals surface area contributed by atoms with Gasteiger partial charge in [-0.2, -0.15) is 0 Å². The van der Waals surface area contributed by atoms with E-state index in [9.17, 15) is 10.00 Å². The molecule has 2 N–H and O–H groups in total. The SMILES string of the molecule is CCCCC(CC)(CO)COP(O)Oc1ccc(C(C)(C)c2ccccc2)cc1C(C)(C)c1ccccc1. The highest BCUT2D eigenvalue weighted by molar-refractivity contribution is 7.41. The lowest BCUT2D eigenvalue weighted by Gasteiger charge is -2.33. The fourth-order valence-electron chi connectivity index (χ4n) is 4.96. The van der Waals surface area contributed by atoms with Crippen LogP contribution in [0.4, 0.5) is 0 Å². The van der Waals surface area contributed by atoms with E-state index in [1.54, 1.807) is 0 Å². The Bertz CT molecular complexity index is 1120. The number of hydrogen-bond donors (Lipinski definition) is 2. The zero-order chi connectivity index (χ0) is 27.8. The van der Waals surface area contributed by atoms with Gasteiger partial charge in [-0.25, -0.2) is 0 Å². The van der Waals surface area contributed by atoms with Gasteiger partial charge in [-0.05, 0) is 35.6 Å². The molecule has 38 heavy (non-hydrogen) atoms. The van der Waals surface area contributed by atoms with E-state index in [1.807, 2.05) is 30.3 Å². The molecule has 5 heteroatoms. The molecule has 0 fully saturated rings. The molecule has 0 amide bonds. The number of aliphatic hydroxyl groups is 1. The maximum atomic E-state index is 10.9. The van der Waals surface area contributed by atoms with Gasteiger partial charge in [-0.15, -0.1) is 0 Å². The third kappa shape index (κ3) is 7.04. The summed E-state index contributed by atoms with van der Waals surface area (Å²) in [6.07, 6.45) is 3.70. The summed E-state index contributed by atoms with van der Waals surface area (Å²) in [5.41, 5.74) is 3.59. The Kier molecular flexibility index (Phi) is 10.5. The second-order valence-corrected chi connectivity index (χ2v) is 12.3. The lowest BCUT2D eigenvalue weighted by Crippen LogP contribution is -2.30. The summed E-state index contributed by atoms with van der Waals surface area (Å²) in [6.45, 7) is 13.3. The van der Waals surface area contributed by atoms with E-state index in [0.29, 0.717) is 5.75 Å². The average molecular weight is 537 g/mol. The first-order valence-corrected chi connectivity index (χ1v) is 14.9. The topological polar surface area (TPSA) is 58.9 Å². The fourth-order valence-corrected chi connectivity index (χ4v) is 5.72. The molecule has 0 bridgehead atoms. The minimum absolute atomic E-state index is 0.0300. The van der Waals surface area contributed by atoms with E-state index >= 15 is 0 Å². The van der Waals surface area contributed by atoms with Gasteiger partial charge in [0.2, 0.25) is 0 Å². The van der Waals surface area contributed by atoms with Gasteiger partial charge in [0.1, 0.15) is 5.75 Å². The zero-order valence-corrected chi connectivity index (χ0v) is 24.8. The maximum Gasteiger partial charge on any atom is 0.394 e. The molecule has 0 aliphatic rings. The van der Waals surface area contributed by atoms with Crippen LogP contribution in [0.25, 0.3) is 0 Å². The van der Waals surface area contributed by atoms with Gasteiger partial charge < -0.3 is 19.0 Å². The fraction of sp³-hybridized carbons (Fsp3) is 0.455. The van der Waals surface area contributed by atoms with Crippen LogP contribution in [0.5, 0.6) is 5.75 Å². The van der Waals surface area contributed by atoms with Gasteiger partial charge in [0, 0.05) is 21.8 Å². The summed E-state index contributed by atoms with van der Waals surface area (Å²) >= 11 is 0. The van der Waals surface area contributed by atoms with Crippen molar-refractivity contribution in [1.82, 2.24) is 0 Å². The van der Waals surface area contributed by atoms with Crippen molar-refractivity contribution in [2.45, 2.75) is 78.1 Å². The summed E-state index contributed by atoms with van der Waals surface area (Å²) in [4.78, 5) is 10.9. The molecule has 206 valence electrons. The van der Waals surface area contributed by atoms with E-state index in [1.165, 1.54) is 11.1 Å². The van der Waals surface area contributed by atoms with Crippen LogP contribution in [-0.2, 0) is 15.4 Å². The molecule has 0 saturated heterocycles. The van der Waals surface area contributed by atoms with E-state index in [2.05, 4.69) is 90.1 Å². The summed E-state index contributed by atoms with van der Waals surface area (Å²) in [5.74, 6) is 0.611. The van der Waals surface area contributed by atoms with Crippen molar-refractivity contribution >= 4 is 8.60 Å². The highest BCUT2D eigenvalue weighted by Crippen LogP contribution is 2.46. The molecule has 0 spiro atoms. The number of benzene rings is 3. The lowest BCUT2D eigenvalue weighted by molar-refractivity contribution is 0.0482. The highest BCUT2D eigenvalue weighted by Gasteiger charge is 2.33. The van der Waals surface area contributed by atoms with Crippen molar-refractivity contribution in [2.75, 3.05) is 13.2 Å². The van der Waals surface area contributed by atoms with Crippen LogP contribution in [0.3, 0.4) is 0 Å². The second kappa shape index (κ2) is 13.2. The predicted molar refractivity (Wildman–Crippen MR) is 159 cm³/mol.